The zero-order valence-corrected chi connectivity index (χ0v) is 14.3. The van der Waals surface area contributed by atoms with E-state index in [1.807, 2.05) is 22.9 Å². The lowest BCUT2D eigenvalue weighted by molar-refractivity contribution is 0.581. The van der Waals surface area contributed by atoms with E-state index in [-0.39, 0.29) is 11.4 Å². The monoisotopic (exact) mass is 364 g/mol. The lowest BCUT2D eigenvalue weighted by Crippen LogP contribution is -2.23. The van der Waals surface area contributed by atoms with Crippen LogP contribution in [-0.4, -0.2) is 13.4 Å². The molecule has 0 spiro atoms. The van der Waals surface area contributed by atoms with Crippen molar-refractivity contribution in [2.24, 2.45) is 0 Å². The zero-order valence-electron chi connectivity index (χ0n) is 11.9. The van der Waals surface area contributed by atoms with Gasteiger partial charge in [-0.25, -0.2) is 13.1 Å². The van der Waals surface area contributed by atoms with Crippen molar-refractivity contribution in [1.29, 1.82) is 0 Å². The Kier molecular flexibility index (Phi) is 4.77. The first kappa shape index (κ1) is 16.1. The molecule has 3 rings (SSSR count). The quantitative estimate of drug-likeness (QED) is 0.745. The molecule has 0 radical (unpaired) electrons. The molecule has 2 aromatic heterocycles. The first-order valence-corrected chi connectivity index (χ1v) is 9.57. The van der Waals surface area contributed by atoms with Gasteiger partial charge < -0.3 is 0 Å². The Morgan fingerprint density at radius 3 is 2.74 bits per heavy atom. The van der Waals surface area contributed by atoms with E-state index in [4.69, 9.17) is 11.6 Å². The molecule has 0 bridgehead atoms. The number of aromatic nitrogens is 1. The largest absolute Gasteiger partial charge is 0.264 e. The third-order valence-corrected chi connectivity index (χ3v) is 5.54. The van der Waals surface area contributed by atoms with Crippen molar-refractivity contribution in [3.05, 3.63) is 70.1 Å². The highest BCUT2D eigenvalue weighted by molar-refractivity contribution is 7.89. The van der Waals surface area contributed by atoms with E-state index in [2.05, 4.69) is 9.71 Å². The summed E-state index contributed by atoms with van der Waals surface area (Å²) in [6, 6.07) is 10.1. The molecular formula is C16H13ClN2O2S2. The van der Waals surface area contributed by atoms with Crippen molar-refractivity contribution in [2.75, 3.05) is 0 Å². The van der Waals surface area contributed by atoms with E-state index in [9.17, 15) is 8.42 Å². The Morgan fingerprint density at radius 2 is 2.00 bits per heavy atom. The molecule has 0 atom stereocenters. The van der Waals surface area contributed by atoms with Crippen LogP contribution in [-0.2, 0) is 16.6 Å². The van der Waals surface area contributed by atoms with Crippen molar-refractivity contribution >= 4 is 33.0 Å². The molecule has 3 aromatic rings. The molecule has 118 valence electrons. The number of nitrogens with zero attached hydrogens (tertiary/aromatic N) is 1. The smallest absolute Gasteiger partial charge is 0.240 e. The molecular weight excluding hydrogens is 352 g/mol. The Morgan fingerprint density at radius 1 is 1.13 bits per heavy atom. The van der Waals surface area contributed by atoms with Crippen LogP contribution in [0.5, 0.6) is 0 Å². The predicted molar refractivity (Wildman–Crippen MR) is 93.0 cm³/mol. The molecule has 2 heterocycles. The minimum Gasteiger partial charge on any atom is -0.264 e. The van der Waals surface area contributed by atoms with E-state index >= 15 is 0 Å². The van der Waals surface area contributed by atoms with Crippen LogP contribution < -0.4 is 4.72 Å². The topological polar surface area (TPSA) is 59.1 Å². The maximum atomic E-state index is 12.3. The number of pyridine rings is 1. The Labute approximate surface area is 143 Å². The average molecular weight is 365 g/mol. The fraction of sp³-hybridized carbons (Fsp3) is 0.0625. The number of rotatable bonds is 5. The second-order valence-corrected chi connectivity index (χ2v) is 7.86. The second-order valence-electron chi connectivity index (χ2n) is 4.88. The molecule has 1 aromatic carbocycles. The number of halogens is 1. The second kappa shape index (κ2) is 6.80. The van der Waals surface area contributed by atoms with Crippen LogP contribution in [0.2, 0.25) is 5.02 Å². The first-order chi connectivity index (χ1) is 11.0. The van der Waals surface area contributed by atoms with E-state index in [1.165, 1.54) is 12.1 Å². The van der Waals surface area contributed by atoms with Gasteiger partial charge in [0.2, 0.25) is 10.0 Å². The van der Waals surface area contributed by atoms with Crippen LogP contribution in [0.4, 0.5) is 0 Å². The number of hydrogen-bond donors (Lipinski definition) is 1. The van der Waals surface area contributed by atoms with E-state index in [1.54, 1.807) is 35.9 Å². The van der Waals surface area contributed by atoms with Gasteiger partial charge in [-0.2, -0.15) is 11.3 Å². The number of thiophene rings is 1. The lowest BCUT2D eigenvalue weighted by atomic mass is 10.1. The van der Waals surface area contributed by atoms with Crippen molar-refractivity contribution in [1.82, 2.24) is 9.71 Å². The maximum Gasteiger partial charge on any atom is 0.240 e. The Hall–Kier alpha value is -1.73. The van der Waals surface area contributed by atoms with Crippen LogP contribution >= 0.6 is 22.9 Å². The molecule has 0 aliphatic carbocycles. The zero-order chi connectivity index (χ0) is 16.3. The number of sulfonamides is 1. The highest BCUT2D eigenvalue weighted by Gasteiger charge is 2.14. The van der Waals surface area contributed by atoms with Gasteiger partial charge in [-0.05, 0) is 52.2 Å². The molecule has 0 amide bonds. The van der Waals surface area contributed by atoms with Crippen LogP contribution in [0, 0.1) is 0 Å². The highest BCUT2D eigenvalue weighted by Crippen LogP contribution is 2.22. The van der Waals surface area contributed by atoms with Gasteiger partial charge in [0, 0.05) is 29.5 Å². The number of benzene rings is 1. The fourth-order valence-corrected chi connectivity index (χ4v) is 4.05. The van der Waals surface area contributed by atoms with Gasteiger partial charge in [0.15, 0.2) is 0 Å². The molecule has 0 aliphatic rings. The van der Waals surface area contributed by atoms with E-state index in [0.29, 0.717) is 5.02 Å². The van der Waals surface area contributed by atoms with Gasteiger partial charge in [-0.1, -0.05) is 17.7 Å². The minimum atomic E-state index is -3.61. The summed E-state index contributed by atoms with van der Waals surface area (Å²) in [5, 5.41) is 4.40. The summed E-state index contributed by atoms with van der Waals surface area (Å²) >= 11 is 7.45. The van der Waals surface area contributed by atoms with Crippen molar-refractivity contribution in [3.63, 3.8) is 0 Å². The van der Waals surface area contributed by atoms with Gasteiger partial charge >= 0.3 is 0 Å². The van der Waals surface area contributed by atoms with Crippen LogP contribution in [0.3, 0.4) is 0 Å². The molecule has 0 saturated heterocycles. The van der Waals surface area contributed by atoms with Crippen LogP contribution in [0.15, 0.2) is 64.4 Å². The van der Waals surface area contributed by atoms with Crippen molar-refractivity contribution < 1.29 is 8.42 Å². The molecule has 0 saturated carbocycles. The van der Waals surface area contributed by atoms with E-state index in [0.717, 1.165) is 16.7 Å². The van der Waals surface area contributed by atoms with Gasteiger partial charge in [0.1, 0.15) is 0 Å². The van der Waals surface area contributed by atoms with Gasteiger partial charge in [0.05, 0.1) is 4.90 Å². The summed E-state index contributed by atoms with van der Waals surface area (Å²) in [6.07, 6.45) is 3.41. The van der Waals surface area contributed by atoms with Crippen molar-refractivity contribution in [2.45, 2.75) is 11.4 Å². The third-order valence-electron chi connectivity index (χ3n) is 3.22. The summed E-state index contributed by atoms with van der Waals surface area (Å²) in [5.74, 6) is 0. The number of nitrogens with one attached hydrogen (secondary N) is 1. The Balaban J connectivity index is 1.77. The standard InChI is InChI=1S/C16H13ClN2O2S2/c17-15-2-1-3-16(7-15)23(20,21)19-9-12-6-14(10-18-8-12)13-4-5-22-11-13/h1-8,10-11,19H,9H2. The molecule has 1 N–H and O–H groups in total. The summed E-state index contributed by atoms with van der Waals surface area (Å²) in [6.45, 7) is 0.166. The Bertz CT molecular complexity index is 909. The molecule has 0 aliphatic heterocycles. The summed E-state index contributed by atoms with van der Waals surface area (Å²) in [5.41, 5.74) is 2.83. The predicted octanol–water partition coefficient (Wildman–Crippen LogP) is 3.94. The van der Waals surface area contributed by atoms with Gasteiger partial charge in [0.25, 0.3) is 0 Å². The van der Waals surface area contributed by atoms with Crippen LogP contribution in [0.1, 0.15) is 5.56 Å². The van der Waals surface area contributed by atoms with Gasteiger partial charge in [-0.3, -0.25) is 4.98 Å². The summed E-state index contributed by atoms with van der Waals surface area (Å²) < 4.78 is 27.1. The van der Waals surface area contributed by atoms with Gasteiger partial charge in [-0.15, -0.1) is 0 Å². The average Bonchev–Trinajstić information content (AvgIpc) is 3.08. The minimum absolute atomic E-state index is 0.145. The molecule has 0 unspecified atom stereocenters. The van der Waals surface area contributed by atoms with E-state index < -0.39 is 10.0 Å². The molecule has 7 heteroatoms. The van der Waals surface area contributed by atoms with Crippen LogP contribution in [0.25, 0.3) is 11.1 Å². The maximum absolute atomic E-state index is 12.3. The first-order valence-electron chi connectivity index (χ1n) is 6.76. The third kappa shape index (κ3) is 3.97. The highest BCUT2D eigenvalue weighted by atomic mass is 35.5. The summed E-state index contributed by atoms with van der Waals surface area (Å²) in [4.78, 5) is 4.32. The molecule has 4 nitrogen and oxygen atoms in total. The van der Waals surface area contributed by atoms with Crippen molar-refractivity contribution in [3.8, 4) is 11.1 Å². The number of hydrogen-bond acceptors (Lipinski definition) is 4. The molecule has 23 heavy (non-hydrogen) atoms. The fourth-order valence-electron chi connectivity index (χ4n) is 2.07. The lowest BCUT2D eigenvalue weighted by Gasteiger charge is -2.08. The summed E-state index contributed by atoms with van der Waals surface area (Å²) in [7, 11) is -3.61. The SMILES string of the molecule is O=S(=O)(NCc1cncc(-c2ccsc2)c1)c1cccc(Cl)c1. The molecule has 0 fully saturated rings. The normalized spacial score (nSPS) is 11.5.